The maximum atomic E-state index is 16.5. The number of hydrogen-bond donors (Lipinski definition) is 0. The number of fused-ring (bicyclic) bond motifs is 3. The van der Waals surface area contributed by atoms with Crippen LogP contribution in [0.4, 0.5) is 0 Å². The van der Waals surface area contributed by atoms with Crippen molar-refractivity contribution < 1.29 is 9.59 Å². The van der Waals surface area contributed by atoms with E-state index in [-0.39, 0.29) is 22.6 Å². The van der Waals surface area contributed by atoms with Gasteiger partial charge in [-0.15, -0.1) is 45.3 Å². The number of unbranched alkanes of at least 4 members (excludes halogenated alkanes) is 32. The lowest BCUT2D eigenvalue weighted by molar-refractivity contribution is -0.124. The van der Waals surface area contributed by atoms with Crippen molar-refractivity contribution in [3.63, 3.8) is 0 Å². The molecule has 0 spiro atoms. The molecule has 6 nitrogen and oxygen atoms in total. The van der Waals surface area contributed by atoms with Gasteiger partial charge in [0, 0.05) is 32.6 Å². The maximum Gasteiger partial charge on any atom is 0.261 e. The molecule has 6 heterocycles. The van der Waals surface area contributed by atoms with Crippen LogP contribution in [0.1, 0.15) is 346 Å². The van der Waals surface area contributed by atoms with Crippen molar-refractivity contribution in [3.8, 4) is 20.9 Å². The number of nitrogens with zero attached hydrogens (tertiary/aromatic N) is 4. The summed E-state index contributed by atoms with van der Waals surface area (Å²) in [6, 6.07) is 22.5. The van der Waals surface area contributed by atoms with Crippen LogP contribution in [0.3, 0.4) is 0 Å². The molecule has 4 aromatic heterocycles. The first kappa shape index (κ1) is 75.8. The van der Waals surface area contributed by atoms with E-state index < -0.39 is 0 Å². The lowest BCUT2D eigenvalue weighted by Gasteiger charge is -2.29. The molecule has 0 saturated heterocycles. The Kier molecular flexibility index (Phi) is 31.9. The highest BCUT2D eigenvalue weighted by atomic mass is 32.1. The van der Waals surface area contributed by atoms with Crippen molar-refractivity contribution in [1.82, 2.24) is 19.8 Å². The molecule has 0 bridgehead atoms. The molecule has 10 heteroatoms. The zero-order valence-corrected chi connectivity index (χ0v) is 64.1. The van der Waals surface area contributed by atoms with Crippen molar-refractivity contribution in [3.05, 3.63) is 91.6 Å². The SMILES string of the molecule is CCCCCCCCCCCCC(CCCCCCCCCC)CN1C(=O)C2=C(c3nc4ccc(-c5ccc(C(C)(C)C)s5)cc4s3)N(CC(CCCCCCCCCC)CCCCCCCCCCCC)C(=O)C2=C1c1nc2ccc(-c3ccc(C(C)(C)C)s3)cc2s1. The first-order chi connectivity index (χ1) is 45.6. The molecule has 94 heavy (non-hydrogen) atoms. The van der Waals surface area contributed by atoms with Gasteiger partial charge in [0.1, 0.15) is 10.0 Å². The van der Waals surface area contributed by atoms with E-state index >= 15 is 9.59 Å². The topological polar surface area (TPSA) is 66.4 Å². The van der Waals surface area contributed by atoms with Crippen LogP contribution in [-0.4, -0.2) is 44.7 Å². The lowest BCUT2D eigenvalue weighted by Crippen LogP contribution is -2.35. The fraction of sp³-hybridized carbons (Fsp3) is 0.667. The molecule has 0 radical (unpaired) electrons. The fourth-order valence-corrected chi connectivity index (χ4v) is 18.7. The lowest BCUT2D eigenvalue weighted by atomic mass is 9.93. The van der Waals surface area contributed by atoms with Crippen molar-refractivity contribution in [2.45, 2.75) is 337 Å². The van der Waals surface area contributed by atoms with Gasteiger partial charge in [-0.2, -0.15) is 0 Å². The molecule has 2 atom stereocenters. The van der Waals surface area contributed by atoms with Crippen LogP contribution < -0.4 is 0 Å². The van der Waals surface area contributed by atoms with Crippen LogP contribution in [0.15, 0.2) is 71.8 Å². The summed E-state index contributed by atoms with van der Waals surface area (Å²) in [4.78, 5) is 53.5. The standard InChI is InChI=1S/C84H126N4O2S4/c1-11-15-19-23-27-31-33-37-41-45-49-63(47-43-39-35-29-25-21-17-13-3)61-87-77(79-85-67-53-51-65(59-71(67)93-79)69-55-57-73(91-69)83(5,6)7)75-76(81(87)89)78(80-86-68-54-52-66(60-72(68)94-80)70-56-58-74(92-70)84(8,9)10)88(82(75)90)62-64(48-44-40-36-30-26-22-18-14-4)50-46-42-38-34-32-28-24-20-16-12-2/h51-60,63-64H,11-50,61-62H2,1-10H3. The molecule has 6 aromatic rings. The minimum absolute atomic E-state index is 0.0318. The summed E-state index contributed by atoms with van der Waals surface area (Å²) in [6.45, 7) is 24.2. The van der Waals surface area contributed by atoms with Gasteiger partial charge in [0.25, 0.3) is 11.8 Å². The highest BCUT2D eigenvalue weighted by Crippen LogP contribution is 2.51. The van der Waals surface area contributed by atoms with E-state index in [4.69, 9.17) is 9.97 Å². The summed E-state index contributed by atoms with van der Waals surface area (Å²) in [5.41, 5.74) is 6.96. The number of thiophene rings is 2. The van der Waals surface area contributed by atoms with Gasteiger partial charge >= 0.3 is 0 Å². The smallest absolute Gasteiger partial charge is 0.261 e. The van der Waals surface area contributed by atoms with E-state index in [0.29, 0.717) is 36.1 Å². The molecule has 0 saturated carbocycles. The fourth-order valence-electron chi connectivity index (χ4n) is 14.5. The molecule has 8 rings (SSSR count). The second-order valence-corrected chi connectivity index (χ2v) is 34.9. The molecule has 0 aliphatic carbocycles. The van der Waals surface area contributed by atoms with E-state index in [1.165, 1.54) is 262 Å². The van der Waals surface area contributed by atoms with Gasteiger partial charge in [-0.05, 0) is 108 Å². The van der Waals surface area contributed by atoms with E-state index in [1.807, 2.05) is 22.7 Å². The summed E-state index contributed by atoms with van der Waals surface area (Å²) >= 11 is 7.08. The Hall–Kier alpha value is -3.96. The molecule has 2 aromatic carbocycles. The molecule has 0 fully saturated rings. The minimum atomic E-state index is -0.0318. The van der Waals surface area contributed by atoms with Crippen molar-refractivity contribution in [1.29, 1.82) is 0 Å². The first-order valence-electron chi connectivity index (χ1n) is 38.8. The third-order valence-corrected chi connectivity index (χ3v) is 25.5. The first-order valence-corrected chi connectivity index (χ1v) is 42.1. The molecule has 2 aliphatic rings. The van der Waals surface area contributed by atoms with Crippen LogP contribution in [0.5, 0.6) is 0 Å². The van der Waals surface area contributed by atoms with Gasteiger partial charge in [0.15, 0.2) is 0 Å². The number of benzene rings is 2. The van der Waals surface area contributed by atoms with E-state index in [2.05, 4.69) is 140 Å². The predicted octanol–water partition coefficient (Wildman–Crippen LogP) is 27.7. The van der Waals surface area contributed by atoms with Crippen molar-refractivity contribution >= 4 is 89.0 Å². The van der Waals surface area contributed by atoms with Crippen LogP contribution in [0.2, 0.25) is 0 Å². The normalized spacial score (nSPS) is 14.6. The Morgan fingerprint density at radius 1 is 0.351 bits per heavy atom. The van der Waals surface area contributed by atoms with Crippen molar-refractivity contribution in [2.75, 3.05) is 13.1 Å². The van der Waals surface area contributed by atoms with Gasteiger partial charge in [0.2, 0.25) is 0 Å². The third kappa shape index (κ3) is 22.5. The van der Waals surface area contributed by atoms with Crippen LogP contribution >= 0.6 is 45.3 Å². The zero-order chi connectivity index (χ0) is 66.7. The predicted molar refractivity (Wildman–Crippen MR) is 415 cm³/mol. The zero-order valence-electron chi connectivity index (χ0n) is 60.9. The largest absolute Gasteiger partial charge is 0.304 e. The van der Waals surface area contributed by atoms with E-state index in [0.717, 1.165) is 67.5 Å². The average Bonchev–Trinajstić information content (AvgIpc) is 1.55. The van der Waals surface area contributed by atoms with Gasteiger partial charge < -0.3 is 9.80 Å². The summed E-state index contributed by atoms with van der Waals surface area (Å²) in [5.74, 6) is 0.563. The van der Waals surface area contributed by atoms with Gasteiger partial charge in [-0.25, -0.2) is 9.97 Å². The molecular weight excluding hydrogens is 1230 g/mol. The number of thiazole rings is 2. The van der Waals surface area contributed by atoms with Crippen LogP contribution in [-0.2, 0) is 20.4 Å². The molecule has 2 amide bonds. The Labute approximate surface area is 588 Å². The van der Waals surface area contributed by atoms with Gasteiger partial charge in [0.05, 0.1) is 43.0 Å². The number of rotatable bonds is 48. The Balaban J connectivity index is 1.19. The second-order valence-electron chi connectivity index (χ2n) is 30.7. The Morgan fingerprint density at radius 3 is 0.894 bits per heavy atom. The molecule has 518 valence electrons. The number of amides is 2. The Bertz CT molecular complexity index is 3060. The van der Waals surface area contributed by atoms with E-state index in [1.54, 1.807) is 22.7 Å². The van der Waals surface area contributed by atoms with Crippen molar-refractivity contribution in [2.24, 2.45) is 11.8 Å². The highest BCUT2D eigenvalue weighted by molar-refractivity contribution is 7.20. The quantitative estimate of drug-likeness (QED) is 0.0357. The molecule has 2 unspecified atom stereocenters. The summed E-state index contributed by atoms with van der Waals surface area (Å²) in [6.07, 6.45) is 51.0. The summed E-state index contributed by atoms with van der Waals surface area (Å²) in [5, 5.41) is 1.57. The molecular formula is C84H126N4O2S4. The van der Waals surface area contributed by atoms with Crippen LogP contribution in [0.25, 0.3) is 52.7 Å². The average molecular weight is 1350 g/mol. The maximum absolute atomic E-state index is 16.5. The Morgan fingerprint density at radius 2 is 0.628 bits per heavy atom. The minimum Gasteiger partial charge on any atom is -0.304 e. The monoisotopic (exact) mass is 1350 g/mol. The molecule has 0 N–H and O–H groups in total. The van der Waals surface area contributed by atoms with E-state index in [9.17, 15) is 0 Å². The van der Waals surface area contributed by atoms with Crippen LogP contribution in [0, 0.1) is 11.8 Å². The number of aromatic nitrogens is 2. The number of hydrogen-bond acceptors (Lipinski definition) is 8. The third-order valence-electron chi connectivity index (χ3n) is 20.4. The summed E-state index contributed by atoms with van der Waals surface area (Å²) < 4.78 is 2.17. The highest BCUT2D eigenvalue weighted by Gasteiger charge is 2.51. The second kappa shape index (κ2) is 39.6. The summed E-state index contributed by atoms with van der Waals surface area (Å²) in [7, 11) is 0. The number of carbonyl (C=O) groups is 2. The number of carbonyl (C=O) groups excluding carboxylic acids is 2. The van der Waals surface area contributed by atoms with Gasteiger partial charge in [-0.3, -0.25) is 9.59 Å². The van der Waals surface area contributed by atoms with Gasteiger partial charge in [-0.1, -0.05) is 313 Å². The molecule has 2 aliphatic heterocycles.